The zero-order chi connectivity index (χ0) is 13.5. The number of rotatable bonds is 5. The van der Waals surface area contributed by atoms with Crippen LogP contribution in [0.15, 0.2) is 24.3 Å². The van der Waals surface area contributed by atoms with E-state index in [1.165, 1.54) is 6.08 Å². The molecule has 0 spiro atoms. The van der Waals surface area contributed by atoms with Gasteiger partial charge in [0.2, 0.25) is 5.91 Å². The van der Waals surface area contributed by atoms with E-state index in [0.717, 1.165) is 11.1 Å². The number of carbonyl (C=O) groups is 1. The lowest BCUT2D eigenvalue weighted by Gasteiger charge is -2.06. The third-order valence-electron chi connectivity index (χ3n) is 2.35. The van der Waals surface area contributed by atoms with Crippen molar-refractivity contribution in [3.05, 3.63) is 40.4 Å². The number of hydrogen-bond acceptors (Lipinski definition) is 3. The van der Waals surface area contributed by atoms with Gasteiger partial charge >= 0.3 is 0 Å². The van der Waals surface area contributed by atoms with Crippen LogP contribution in [0.1, 0.15) is 11.1 Å². The van der Waals surface area contributed by atoms with Gasteiger partial charge in [-0.1, -0.05) is 23.7 Å². The summed E-state index contributed by atoms with van der Waals surface area (Å²) in [6.07, 6.45) is 2.05. The Labute approximate surface area is 111 Å². The van der Waals surface area contributed by atoms with E-state index in [1.54, 1.807) is 12.1 Å². The second-order valence-corrected chi connectivity index (χ2v) is 4.33. The highest BCUT2D eigenvalue weighted by molar-refractivity contribution is 6.31. The van der Waals surface area contributed by atoms with Gasteiger partial charge in [-0.3, -0.25) is 4.79 Å². The third-order valence-corrected chi connectivity index (χ3v) is 2.75. The molecule has 0 aliphatic heterocycles. The van der Waals surface area contributed by atoms with Gasteiger partial charge in [0.25, 0.3) is 0 Å². The third kappa shape index (κ3) is 4.87. The number of amides is 1. The summed E-state index contributed by atoms with van der Waals surface area (Å²) >= 11 is 5.96. The fourth-order valence-electron chi connectivity index (χ4n) is 1.23. The van der Waals surface area contributed by atoms with Gasteiger partial charge in [-0.2, -0.15) is 0 Å². The van der Waals surface area contributed by atoms with Gasteiger partial charge < -0.3 is 15.5 Å². The van der Waals surface area contributed by atoms with Crippen molar-refractivity contribution in [3.63, 3.8) is 0 Å². The zero-order valence-electron chi connectivity index (χ0n) is 10.1. The molecule has 3 N–H and O–H groups in total. The predicted molar refractivity (Wildman–Crippen MR) is 71.3 cm³/mol. The van der Waals surface area contributed by atoms with E-state index < -0.39 is 6.10 Å². The minimum atomic E-state index is -0.934. The first kappa shape index (κ1) is 14.7. The highest BCUT2D eigenvalue weighted by Crippen LogP contribution is 2.17. The van der Waals surface area contributed by atoms with Gasteiger partial charge in [0, 0.05) is 17.6 Å². The molecule has 0 saturated carbocycles. The van der Waals surface area contributed by atoms with Gasteiger partial charge in [0.15, 0.2) is 0 Å². The van der Waals surface area contributed by atoms with E-state index in [4.69, 9.17) is 21.8 Å². The summed E-state index contributed by atoms with van der Waals surface area (Å²) in [5.74, 6) is -0.334. The standard InChI is InChI=1S/C13H16ClNO3/c1-9-2-3-10(6-12(9)14)4-5-13(18)15-7-11(17)8-16/h2-6,11,16-17H,7-8H2,1H3,(H,15,18). The smallest absolute Gasteiger partial charge is 0.244 e. The molecule has 18 heavy (non-hydrogen) atoms. The molecule has 1 atom stereocenters. The van der Waals surface area contributed by atoms with Crippen LogP contribution in [0.3, 0.4) is 0 Å². The molecule has 0 saturated heterocycles. The largest absolute Gasteiger partial charge is 0.394 e. The van der Waals surface area contributed by atoms with E-state index in [2.05, 4.69) is 5.32 Å². The van der Waals surface area contributed by atoms with E-state index in [9.17, 15) is 4.79 Å². The number of carbonyl (C=O) groups excluding carboxylic acids is 1. The van der Waals surface area contributed by atoms with Crippen molar-refractivity contribution < 1.29 is 15.0 Å². The summed E-state index contributed by atoms with van der Waals surface area (Å²) in [6, 6.07) is 5.49. The molecule has 0 heterocycles. The van der Waals surface area contributed by atoms with Crippen molar-refractivity contribution in [2.24, 2.45) is 0 Å². The van der Waals surface area contributed by atoms with Crippen LogP contribution in [0, 0.1) is 6.92 Å². The molecule has 1 amide bonds. The molecule has 98 valence electrons. The SMILES string of the molecule is Cc1ccc(C=CC(=O)NCC(O)CO)cc1Cl. The minimum Gasteiger partial charge on any atom is -0.394 e. The summed E-state index contributed by atoms with van der Waals surface area (Å²) in [7, 11) is 0. The van der Waals surface area contributed by atoms with Gasteiger partial charge in [-0.25, -0.2) is 0 Å². The topological polar surface area (TPSA) is 69.6 Å². The van der Waals surface area contributed by atoms with E-state index >= 15 is 0 Å². The lowest BCUT2D eigenvalue weighted by atomic mass is 10.1. The minimum absolute atomic E-state index is 0.0222. The molecule has 0 bridgehead atoms. The average molecular weight is 270 g/mol. The van der Waals surface area contributed by atoms with Crippen LogP contribution in [0.25, 0.3) is 6.08 Å². The van der Waals surface area contributed by atoms with E-state index in [1.807, 2.05) is 19.1 Å². The number of aliphatic hydroxyl groups is 2. The predicted octanol–water partition coefficient (Wildman–Crippen LogP) is 1.13. The maximum Gasteiger partial charge on any atom is 0.244 e. The molecule has 0 fully saturated rings. The van der Waals surface area contributed by atoms with Crippen LogP contribution in [-0.4, -0.2) is 35.4 Å². The Morgan fingerprint density at radius 2 is 2.28 bits per heavy atom. The molecule has 5 heteroatoms. The summed E-state index contributed by atoms with van der Waals surface area (Å²) < 4.78 is 0. The van der Waals surface area contributed by atoms with E-state index in [-0.39, 0.29) is 19.1 Å². The molecule has 1 unspecified atom stereocenters. The van der Waals surface area contributed by atoms with Gasteiger partial charge in [0.05, 0.1) is 12.7 Å². The Kier molecular flexibility index (Phi) is 5.85. The monoisotopic (exact) mass is 269 g/mol. The van der Waals surface area contributed by atoms with Crippen molar-refractivity contribution in [1.29, 1.82) is 0 Å². The summed E-state index contributed by atoms with van der Waals surface area (Å²) in [6.45, 7) is 1.55. The number of aryl methyl sites for hydroxylation is 1. The van der Waals surface area contributed by atoms with Crippen LogP contribution in [0.2, 0.25) is 5.02 Å². The fraction of sp³-hybridized carbons (Fsp3) is 0.308. The molecular weight excluding hydrogens is 254 g/mol. The zero-order valence-corrected chi connectivity index (χ0v) is 10.8. The lowest BCUT2D eigenvalue weighted by Crippen LogP contribution is -2.32. The maximum atomic E-state index is 11.4. The number of aliphatic hydroxyl groups excluding tert-OH is 2. The lowest BCUT2D eigenvalue weighted by molar-refractivity contribution is -0.117. The van der Waals surface area contributed by atoms with Crippen LogP contribution in [-0.2, 0) is 4.79 Å². The van der Waals surface area contributed by atoms with Crippen molar-refractivity contribution in [2.75, 3.05) is 13.2 Å². The van der Waals surface area contributed by atoms with Crippen molar-refractivity contribution in [2.45, 2.75) is 13.0 Å². The number of hydrogen-bond donors (Lipinski definition) is 3. The summed E-state index contributed by atoms with van der Waals surface area (Å²) in [4.78, 5) is 11.4. The second-order valence-electron chi connectivity index (χ2n) is 3.92. The van der Waals surface area contributed by atoms with Crippen molar-refractivity contribution in [1.82, 2.24) is 5.32 Å². The van der Waals surface area contributed by atoms with Crippen LogP contribution < -0.4 is 5.32 Å². The van der Waals surface area contributed by atoms with Crippen LogP contribution >= 0.6 is 11.6 Å². The first-order valence-corrected chi connectivity index (χ1v) is 5.91. The molecule has 1 aromatic carbocycles. The summed E-state index contributed by atoms with van der Waals surface area (Å²) in [5.41, 5.74) is 1.80. The molecule has 0 aromatic heterocycles. The van der Waals surface area contributed by atoms with E-state index in [0.29, 0.717) is 5.02 Å². The number of benzene rings is 1. The molecule has 0 radical (unpaired) electrons. The molecule has 1 aromatic rings. The quantitative estimate of drug-likeness (QED) is 0.702. The molecular formula is C13H16ClNO3. The molecule has 4 nitrogen and oxygen atoms in total. The Balaban J connectivity index is 2.53. The molecule has 0 aliphatic rings. The summed E-state index contributed by atoms with van der Waals surface area (Å²) in [5, 5.41) is 20.7. The van der Waals surface area contributed by atoms with Crippen molar-refractivity contribution in [3.8, 4) is 0 Å². The number of halogens is 1. The second kappa shape index (κ2) is 7.16. The molecule has 0 aliphatic carbocycles. The Hall–Kier alpha value is -1.36. The van der Waals surface area contributed by atoms with Crippen LogP contribution in [0.5, 0.6) is 0 Å². The Morgan fingerprint density at radius 3 is 2.89 bits per heavy atom. The van der Waals surface area contributed by atoms with Gasteiger partial charge in [0.1, 0.15) is 0 Å². The first-order valence-electron chi connectivity index (χ1n) is 5.54. The Morgan fingerprint density at radius 1 is 1.56 bits per heavy atom. The van der Waals surface area contributed by atoms with Crippen molar-refractivity contribution >= 4 is 23.6 Å². The van der Waals surface area contributed by atoms with Gasteiger partial charge in [-0.05, 0) is 30.2 Å². The first-order chi connectivity index (χ1) is 8.52. The average Bonchev–Trinajstić information content (AvgIpc) is 2.37. The van der Waals surface area contributed by atoms with Crippen LogP contribution in [0.4, 0.5) is 0 Å². The number of nitrogens with one attached hydrogen (secondary N) is 1. The Bertz CT molecular complexity index is 446. The molecule has 1 rings (SSSR count). The van der Waals surface area contributed by atoms with Gasteiger partial charge in [-0.15, -0.1) is 0 Å². The highest BCUT2D eigenvalue weighted by Gasteiger charge is 2.02. The fourth-order valence-corrected chi connectivity index (χ4v) is 1.42. The normalized spacial score (nSPS) is 12.7. The maximum absolute atomic E-state index is 11.4. The highest BCUT2D eigenvalue weighted by atomic mass is 35.5.